The maximum absolute atomic E-state index is 13.1. The van der Waals surface area contributed by atoms with Crippen molar-refractivity contribution in [2.75, 3.05) is 0 Å². The molecule has 0 spiro atoms. The molecule has 0 fully saturated rings. The Kier molecular flexibility index (Phi) is 4.03. The third-order valence-corrected chi connectivity index (χ3v) is 5.10. The van der Waals surface area contributed by atoms with Gasteiger partial charge in [0.25, 0.3) is 0 Å². The highest BCUT2D eigenvalue weighted by molar-refractivity contribution is 6.21. The highest BCUT2D eigenvalue weighted by Crippen LogP contribution is 2.27. The van der Waals surface area contributed by atoms with Gasteiger partial charge in [-0.2, -0.15) is 0 Å². The number of ketones is 1. The Labute approximate surface area is 166 Å². The Morgan fingerprint density at radius 3 is 2.14 bits per heavy atom. The van der Waals surface area contributed by atoms with Gasteiger partial charge in [0.2, 0.25) is 0 Å². The predicted molar refractivity (Wildman–Crippen MR) is 114 cm³/mol. The Balaban J connectivity index is 1.83. The number of carbonyl (C=O) groups is 1. The molecule has 0 saturated carbocycles. The van der Waals surface area contributed by atoms with Gasteiger partial charge >= 0.3 is 0 Å². The van der Waals surface area contributed by atoms with Crippen LogP contribution in [0.2, 0.25) is 0 Å². The van der Waals surface area contributed by atoms with Gasteiger partial charge < -0.3 is 5.11 Å². The number of carbonyl (C=O) groups excluding carboxylic acids is 1. The summed E-state index contributed by atoms with van der Waals surface area (Å²) in [7, 11) is 0. The molecule has 0 aliphatic carbocycles. The Hall–Kier alpha value is -4.05. The summed E-state index contributed by atoms with van der Waals surface area (Å²) in [5.41, 5.74) is 3.28. The zero-order valence-corrected chi connectivity index (χ0v) is 15.4. The van der Waals surface area contributed by atoms with Crippen LogP contribution in [0.25, 0.3) is 27.6 Å². The van der Waals surface area contributed by atoms with Gasteiger partial charge in [-0.05, 0) is 23.6 Å². The van der Waals surface area contributed by atoms with Crippen molar-refractivity contribution in [3.05, 3.63) is 113 Å². The fraction of sp³-hybridized carbons (Fsp3) is 0. The molecule has 29 heavy (non-hydrogen) atoms. The Morgan fingerprint density at radius 1 is 0.724 bits per heavy atom. The monoisotopic (exact) mass is 376 g/mol. The number of aliphatic hydroxyl groups excluding tert-OH is 1. The van der Waals surface area contributed by atoms with E-state index in [0.717, 1.165) is 16.3 Å². The van der Waals surface area contributed by atoms with Crippen LogP contribution < -0.4 is 5.22 Å². The van der Waals surface area contributed by atoms with E-state index in [9.17, 15) is 9.90 Å². The molecular formula is C25H16N2O2. The van der Waals surface area contributed by atoms with Crippen LogP contribution in [0.1, 0.15) is 21.5 Å². The van der Waals surface area contributed by atoms with Crippen LogP contribution in [0, 0.1) is 0 Å². The van der Waals surface area contributed by atoms with Crippen LogP contribution in [-0.4, -0.2) is 20.9 Å². The van der Waals surface area contributed by atoms with Crippen molar-refractivity contribution in [2.24, 2.45) is 0 Å². The second-order valence-corrected chi connectivity index (χ2v) is 6.80. The van der Waals surface area contributed by atoms with Gasteiger partial charge in [-0.3, -0.25) is 4.79 Å². The minimum absolute atomic E-state index is 0.0540. The molecule has 0 radical (unpaired) electrons. The molecule has 4 nitrogen and oxygen atoms in total. The second kappa shape index (κ2) is 6.84. The summed E-state index contributed by atoms with van der Waals surface area (Å²) in [6.45, 7) is 0. The standard InChI is InChI=1S/C25H16N2O2/c28-24(16-7-3-1-4-8-16)19-13-14-21-22-18(19)11-12-20(23(22)27-15-26-21)25(29)17-9-5-2-6-10-17/h1-15,29H/b25-20-. The van der Waals surface area contributed by atoms with Gasteiger partial charge in [-0.25, -0.2) is 9.97 Å². The fourth-order valence-corrected chi connectivity index (χ4v) is 3.69. The van der Waals surface area contributed by atoms with E-state index >= 15 is 0 Å². The van der Waals surface area contributed by atoms with Crippen molar-refractivity contribution < 1.29 is 9.90 Å². The number of aromatic nitrogens is 2. The van der Waals surface area contributed by atoms with Crippen LogP contribution in [-0.2, 0) is 0 Å². The number of hydrogen-bond acceptors (Lipinski definition) is 4. The molecule has 0 amide bonds. The van der Waals surface area contributed by atoms with E-state index in [1.807, 2.05) is 66.7 Å². The van der Waals surface area contributed by atoms with Crippen molar-refractivity contribution in [2.45, 2.75) is 0 Å². The van der Waals surface area contributed by atoms with Crippen LogP contribution in [0.5, 0.6) is 0 Å². The quantitative estimate of drug-likeness (QED) is 0.473. The number of rotatable bonds is 3. The first kappa shape index (κ1) is 17.1. The van der Waals surface area contributed by atoms with Gasteiger partial charge in [-0.15, -0.1) is 0 Å². The first-order valence-electron chi connectivity index (χ1n) is 9.28. The highest BCUT2D eigenvalue weighted by atomic mass is 16.3. The van der Waals surface area contributed by atoms with Gasteiger partial charge in [0.1, 0.15) is 12.1 Å². The normalized spacial score (nSPS) is 12.3. The van der Waals surface area contributed by atoms with Gasteiger partial charge in [0.05, 0.1) is 11.0 Å². The molecule has 138 valence electrons. The number of hydrogen-bond donors (Lipinski definition) is 1. The number of benzene rings is 4. The van der Waals surface area contributed by atoms with Crippen LogP contribution >= 0.6 is 0 Å². The molecule has 0 bridgehead atoms. The summed E-state index contributed by atoms with van der Waals surface area (Å²) in [4.78, 5) is 21.9. The van der Waals surface area contributed by atoms with Crippen molar-refractivity contribution in [3.63, 3.8) is 0 Å². The molecule has 0 aliphatic rings. The molecule has 1 aromatic heterocycles. The summed E-state index contributed by atoms with van der Waals surface area (Å²) in [6.07, 6.45) is 1.48. The largest absolute Gasteiger partial charge is 0.507 e. The van der Waals surface area contributed by atoms with Gasteiger partial charge in [0, 0.05) is 27.3 Å². The summed E-state index contributed by atoms with van der Waals surface area (Å²) in [5, 5.41) is 13.0. The first-order valence-corrected chi connectivity index (χ1v) is 9.28. The molecule has 0 saturated heterocycles. The molecule has 0 aliphatic heterocycles. The van der Waals surface area contributed by atoms with E-state index < -0.39 is 0 Å². The molecule has 0 unspecified atom stereocenters. The van der Waals surface area contributed by atoms with Crippen molar-refractivity contribution in [1.29, 1.82) is 0 Å². The summed E-state index contributed by atoms with van der Waals surface area (Å²) < 4.78 is 0. The minimum atomic E-state index is -0.0540. The lowest BCUT2D eigenvalue weighted by molar-refractivity contribution is 0.104. The third-order valence-electron chi connectivity index (χ3n) is 5.10. The molecule has 5 rings (SSSR count). The summed E-state index contributed by atoms with van der Waals surface area (Å²) in [6, 6.07) is 25.9. The van der Waals surface area contributed by atoms with E-state index in [1.165, 1.54) is 6.33 Å². The van der Waals surface area contributed by atoms with E-state index in [0.29, 0.717) is 27.4 Å². The number of aliphatic hydroxyl groups is 1. The average Bonchev–Trinajstić information content (AvgIpc) is 2.80. The maximum atomic E-state index is 13.1. The van der Waals surface area contributed by atoms with Crippen molar-refractivity contribution >= 4 is 33.3 Å². The second-order valence-electron chi connectivity index (χ2n) is 6.80. The maximum Gasteiger partial charge on any atom is 0.193 e. The van der Waals surface area contributed by atoms with Gasteiger partial charge in [-0.1, -0.05) is 66.7 Å². The van der Waals surface area contributed by atoms with Crippen LogP contribution in [0.15, 0.2) is 91.3 Å². The van der Waals surface area contributed by atoms with E-state index in [4.69, 9.17) is 0 Å². The van der Waals surface area contributed by atoms with E-state index in [1.54, 1.807) is 18.2 Å². The summed E-state index contributed by atoms with van der Waals surface area (Å²) in [5.74, 6) is 0.0916. The average molecular weight is 376 g/mol. The molecule has 1 N–H and O–H groups in total. The minimum Gasteiger partial charge on any atom is -0.507 e. The smallest absolute Gasteiger partial charge is 0.193 e. The lowest BCUT2D eigenvalue weighted by Gasteiger charge is -2.10. The molecular weight excluding hydrogens is 360 g/mol. The highest BCUT2D eigenvalue weighted by Gasteiger charge is 2.17. The zero-order chi connectivity index (χ0) is 19.8. The third kappa shape index (κ3) is 2.82. The van der Waals surface area contributed by atoms with E-state index in [2.05, 4.69) is 9.97 Å². The summed E-state index contributed by atoms with van der Waals surface area (Å²) >= 11 is 0. The lowest BCUT2D eigenvalue weighted by atomic mass is 9.95. The van der Waals surface area contributed by atoms with E-state index in [-0.39, 0.29) is 11.5 Å². The number of nitrogens with zero attached hydrogens (tertiary/aromatic N) is 2. The lowest BCUT2D eigenvalue weighted by Crippen LogP contribution is -2.12. The van der Waals surface area contributed by atoms with Crippen molar-refractivity contribution in [1.82, 2.24) is 9.97 Å². The fourth-order valence-electron chi connectivity index (χ4n) is 3.69. The zero-order valence-electron chi connectivity index (χ0n) is 15.4. The Morgan fingerprint density at radius 2 is 1.41 bits per heavy atom. The first-order chi connectivity index (χ1) is 14.2. The predicted octanol–water partition coefficient (Wildman–Crippen LogP) is 4.45. The SMILES string of the molecule is O=C(c1ccccc1)c1ccc2ncnc3/c(=C(\O)c4ccccc4)ccc1c23. The molecule has 0 atom stereocenters. The molecule has 5 aromatic rings. The Bertz CT molecular complexity index is 1410. The van der Waals surface area contributed by atoms with Crippen LogP contribution in [0.3, 0.4) is 0 Å². The van der Waals surface area contributed by atoms with Crippen molar-refractivity contribution in [3.8, 4) is 0 Å². The van der Waals surface area contributed by atoms with Gasteiger partial charge in [0.15, 0.2) is 5.78 Å². The van der Waals surface area contributed by atoms with Crippen LogP contribution in [0.4, 0.5) is 0 Å². The topological polar surface area (TPSA) is 63.1 Å². The molecule has 4 aromatic carbocycles. The molecule has 4 heteroatoms. The molecule has 1 heterocycles.